The van der Waals surface area contributed by atoms with Crippen LogP contribution in [0.4, 0.5) is 0 Å². The van der Waals surface area contributed by atoms with Crippen LogP contribution in [0.5, 0.6) is 11.5 Å². The number of benzene rings is 1. The Morgan fingerprint density at radius 3 is 2.50 bits per heavy atom. The molecule has 2 nitrogen and oxygen atoms in total. The van der Waals surface area contributed by atoms with Crippen LogP contribution in [-0.4, -0.2) is 10.2 Å². The highest BCUT2D eigenvalue weighted by atomic mass is 16.3. The summed E-state index contributed by atoms with van der Waals surface area (Å²) in [5.41, 5.74) is 1.89. The van der Waals surface area contributed by atoms with Crippen LogP contribution in [0.2, 0.25) is 0 Å². The number of aromatic hydroxyl groups is 2. The molecule has 0 saturated carbocycles. The lowest BCUT2D eigenvalue weighted by Gasteiger charge is -2.06. The Labute approximate surface area is 72.5 Å². The molecule has 0 spiro atoms. The van der Waals surface area contributed by atoms with Gasteiger partial charge in [0.2, 0.25) is 0 Å². The summed E-state index contributed by atoms with van der Waals surface area (Å²) in [7, 11) is 0. The van der Waals surface area contributed by atoms with E-state index in [1.807, 2.05) is 6.92 Å². The third kappa shape index (κ3) is 1.70. The van der Waals surface area contributed by atoms with Crippen LogP contribution in [0.15, 0.2) is 12.1 Å². The summed E-state index contributed by atoms with van der Waals surface area (Å²) in [6.07, 6.45) is 1.91. The highest BCUT2D eigenvalue weighted by molar-refractivity contribution is 5.44. The van der Waals surface area contributed by atoms with Crippen LogP contribution >= 0.6 is 0 Å². The van der Waals surface area contributed by atoms with Crippen LogP contribution in [-0.2, 0) is 6.42 Å². The number of hydrogen-bond donors (Lipinski definition) is 2. The fourth-order valence-corrected chi connectivity index (χ4v) is 1.27. The van der Waals surface area contributed by atoms with Gasteiger partial charge in [0.1, 0.15) is 11.5 Å². The van der Waals surface area contributed by atoms with Gasteiger partial charge in [-0.25, -0.2) is 0 Å². The monoisotopic (exact) mass is 166 g/mol. The SMILES string of the molecule is CCCc1cc(O)cc(O)c1C. The van der Waals surface area contributed by atoms with Crippen molar-refractivity contribution in [2.24, 2.45) is 0 Å². The summed E-state index contributed by atoms with van der Waals surface area (Å²) >= 11 is 0. The fourth-order valence-electron chi connectivity index (χ4n) is 1.27. The van der Waals surface area contributed by atoms with Crippen molar-refractivity contribution < 1.29 is 10.2 Å². The van der Waals surface area contributed by atoms with Crippen LogP contribution in [0.1, 0.15) is 24.5 Å². The Bertz CT molecular complexity index is 279. The van der Waals surface area contributed by atoms with Gasteiger partial charge in [-0.1, -0.05) is 13.3 Å². The zero-order chi connectivity index (χ0) is 9.14. The van der Waals surface area contributed by atoms with E-state index in [-0.39, 0.29) is 11.5 Å². The average Bonchev–Trinajstić information content (AvgIpc) is 2.00. The molecule has 2 N–H and O–H groups in total. The van der Waals surface area contributed by atoms with E-state index in [2.05, 4.69) is 6.92 Å². The lowest BCUT2D eigenvalue weighted by molar-refractivity contribution is 0.446. The molecule has 2 heteroatoms. The molecule has 0 atom stereocenters. The standard InChI is InChI=1S/C10H14O2/c1-3-4-8-5-9(11)6-10(12)7(8)2/h5-6,11-12H,3-4H2,1-2H3. The minimum Gasteiger partial charge on any atom is -0.508 e. The molecule has 12 heavy (non-hydrogen) atoms. The number of aryl methyl sites for hydroxylation is 1. The Balaban J connectivity index is 3.09. The Morgan fingerprint density at radius 1 is 1.25 bits per heavy atom. The average molecular weight is 166 g/mol. The minimum absolute atomic E-state index is 0.140. The first-order chi connectivity index (χ1) is 5.65. The largest absolute Gasteiger partial charge is 0.508 e. The molecule has 0 bridgehead atoms. The lowest BCUT2D eigenvalue weighted by atomic mass is 10.0. The second-order valence-electron chi connectivity index (χ2n) is 3.00. The van der Waals surface area contributed by atoms with E-state index in [0.717, 1.165) is 24.0 Å². The van der Waals surface area contributed by atoms with Gasteiger partial charge in [0.05, 0.1) is 0 Å². The Morgan fingerprint density at radius 2 is 1.92 bits per heavy atom. The quantitative estimate of drug-likeness (QED) is 0.708. The van der Waals surface area contributed by atoms with Gasteiger partial charge in [-0.3, -0.25) is 0 Å². The van der Waals surface area contributed by atoms with Gasteiger partial charge in [-0.15, -0.1) is 0 Å². The summed E-state index contributed by atoms with van der Waals surface area (Å²) < 4.78 is 0. The summed E-state index contributed by atoms with van der Waals surface area (Å²) in [6, 6.07) is 3.08. The van der Waals surface area contributed by atoms with E-state index in [1.165, 1.54) is 6.07 Å². The molecule has 0 aromatic heterocycles. The Kier molecular flexibility index (Phi) is 2.58. The van der Waals surface area contributed by atoms with Crippen molar-refractivity contribution >= 4 is 0 Å². The van der Waals surface area contributed by atoms with E-state index in [9.17, 15) is 10.2 Å². The van der Waals surface area contributed by atoms with Gasteiger partial charge in [0, 0.05) is 6.07 Å². The van der Waals surface area contributed by atoms with Gasteiger partial charge < -0.3 is 10.2 Å². The smallest absolute Gasteiger partial charge is 0.122 e. The number of rotatable bonds is 2. The topological polar surface area (TPSA) is 40.5 Å². The lowest BCUT2D eigenvalue weighted by Crippen LogP contribution is -1.88. The molecular weight excluding hydrogens is 152 g/mol. The number of hydrogen-bond acceptors (Lipinski definition) is 2. The molecule has 0 aliphatic rings. The van der Waals surface area contributed by atoms with E-state index in [1.54, 1.807) is 6.07 Å². The number of phenolic OH excluding ortho intramolecular Hbond substituents is 2. The highest BCUT2D eigenvalue weighted by Crippen LogP contribution is 2.26. The van der Waals surface area contributed by atoms with E-state index < -0.39 is 0 Å². The van der Waals surface area contributed by atoms with Crippen LogP contribution in [0, 0.1) is 6.92 Å². The van der Waals surface area contributed by atoms with Gasteiger partial charge in [-0.2, -0.15) is 0 Å². The zero-order valence-corrected chi connectivity index (χ0v) is 7.46. The van der Waals surface area contributed by atoms with Crippen molar-refractivity contribution in [2.75, 3.05) is 0 Å². The molecule has 0 fully saturated rings. The van der Waals surface area contributed by atoms with Gasteiger partial charge in [0.15, 0.2) is 0 Å². The molecule has 0 unspecified atom stereocenters. The summed E-state index contributed by atoms with van der Waals surface area (Å²) in [5, 5.41) is 18.5. The molecular formula is C10H14O2. The molecule has 0 heterocycles. The van der Waals surface area contributed by atoms with E-state index in [0.29, 0.717) is 0 Å². The van der Waals surface area contributed by atoms with Crippen molar-refractivity contribution in [1.82, 2.24) is 0 Å². The highest BCUT2D eigenvalue weighted by Gasteiger charge is 2.04. The van der Waals surface area contributed by atoms with Crippen LogP contribution < -0.4 is 0 Å². The molecule has 66 valence electrons. The molecule has 0 radical (unpaired) electrons. The number of phenols is 2. The van der Waals surface area contributed by atoms with Crippen LogP contribution in [0.25, 0.3) is 0 Å². The second kappa shape index (κ2) is 3.48. The zero-order valence-electron chi connectivity index (χ0n) is 7.46. The van der Waals surface area contributed by atoms with Crippen LogP contribution in [0.3, 0.4) is 0 Å². The maximum absolute atomic E-state index is 9.35. The van der Waals surface area contributed by atoms with Crippen molar-refractivity contribution in [3.8, 4) is 11.5 Å². The summed E-state index contributed by atoms with van der Waals surface area (Å²) in [4.78, 5) is 0. The van der Waals surface area contributed by atoms with E-state index in [4.69, 9.17) is 0 Å². The molecule has 1 aromatic carbocycles. The fraction of sp³-hybridized carbons (Fsp3) is 0.400. The maximum Gasteiger partial charge on any atom is 0.122 e. The first-order valence-corrected chi connectivity index (χ1v) is 4.16. The Hall–Kier alpha value is -1.18. The maximum atomic E-state index is 9.35. The van der Waals surface area contributed by atoms with Gasteiger partial charge >= 0.3 is 0 Å². The van der Waals surface area contributed by atoms with Gasteiger partial charge in [-0.05, 0) is 30.5 Å². The van der Waals surface area contributed by atoms with Crippen molar-refractivity contribution in [3.05, 3.63) is 23.3 Å². The van der Waals surface area contributed by atoms with Crippen molar-refractivity contribution in [1.29, 1.82) is 0 Å². The first-order valence-electron chi connectivity index (χ1n) is 4.16. The molecule has 1 aromatic rings. The molecule has 0 aliphatic carbocycles. The predicted octanol–water partition coefficient (Wildman–Crippen LogP) is 2.36. The van der Waals surface area contributed by atoms with Crippen molar-refractivity contribution in [2.45, 2.75) is 26.7 Å². The third-order valence-electron chi connectivity index (χ3n) is 1.99. The third-order valence-corrected chi connectivity index (χ3v) is 1.99. The summed E-state index contributed by atoms with van der Waals surface area (Å²) in [5.74, 6) is 0.319. The molecule has 0 aliphatic heterocycles. The second-order valence-corrected chi connectivity index (χ2v) is 3.00. The normalized spacial score (nSPS) is 10.2. The molecule has 1 rings (SSSR count). The van der Waals surface area contributed by atoms with E-state index >= 15 is 0 Å². The minimum atomic E-state index is 0.140. The van der Waals surface area contributed by atoms with Crippen molar-refractivity contribution in [3.63, 3.8) is 0 Å². The van der Waals surface area contributed by atoms with Gasteiger partial charge in [0.25, 0.3) is 0 Å². The molecule has 0 saturated heterocycles. The molecule has 0 amide bonds. The summed E-state index contributed by atoms with van der Waals surface area (Å²) in [6.45, 7) is 3.93. The first kappa shape index (κ1) is 8.91. The predicted molar refractivity (Wildman–Crippen MR) is 48.5 cm³/mol.